The maximum Gasteiger partial charge on any atom is 0.433 e. The number of nitrogens with zero attached hydrogens (tertiary/aromatic N) is 3. The largest absolute Gasteiger partial charge is 0.433 e. The summed E-state index contributed by atoms with van der Waals surface area (Å²) in [5.74, 6) is -4.41. The minimum Gasteiger partial charge on any atom is -0.319 e. The molecule has 0 spiro atoms. The zero-order valence-corrected chi connectivity index (χ0v) is 19.9. The standard InChI is InChI=1S/C23H22BrF5N6/c24-15-5-4-12-8-14(9-13(12)10-15)23(30)34-19(17-2-1-3-18(32-17)22(27,28)29)33-20(35-23)31-16-6-7-21(25,26)11-16/h1-5,10,14,16H,6-9,11,30H2,(H2,31,33,34,35). The predicted molar refractivity (Wildman–Crippen MR) is 124 cm³/mol. The highest BCUT2D eigenvalue weighted by atomic mass is 79.9. The molecule has 35 heavy (non-hydrogen) atoms. The zero-order chi connectivity index (χ0) is 25.0. The summed E-state index contributed by atoms with van der Waals surface area (Å²) in [6.45, 7) is 0. The number of pyridine rings is 1. The van der Waals surface area contributed by atoms with Gasteiger partial charge in [-0.3, -0.25) is 5.73 Å². The van der Waals surface area contributed by atoms with Crippen molar-refractivity contribution in [1.29, 1.82) is 0 Å². The van der Waals surface area contributed by atoms with Crippen LogP contribution in [0.1, 0.15) is 41.8 Å². The lowest BCUT2D eigenvalue weighted by Crippen LogP contribution is -2.67. The number of rotatable bonds is 3. The topological polar surface area (TPSA) is 87.7 Å². The molecule has 0 bridgehead atoms. The van der Waals surface area contributed by atoms with Crippen LogP contribution >= 0.6 is 15.9 Å². The van der Waals surface area contributed by atoms with Crippen LogP contribution in [0.4, 0.5) is 22.0 Å². The van der Waals surface area contributed by atoms with Gasteiger partial charge in [0.2, 0.25) is 5.92 Å². The third-order valence-electron chi connectivity index (χ3n) is 6.55. The maximum atomic E-state index is 13.7. The number of halogens is 6. The smallest absolute Gasteiger partial charge is 0.319 e. The Hall–Kier alpha value is -2.60. The summed E-state index contributed by atoms with van der Waals surface area (Å²) >= 11 is 3.46. The molecule has 1 aromatic carbocycles. The first-order chi connectivity index (χ1) is 16.4. The molecule has 3 aliphatic rings. The van der Waals surface area contributed by atoms with E-state index < -0.39 is 36.0 Å². The second-order valence-electron chi connectivity index (χ2n) is 9.19. The molecule has 1 aromatic heterocycles. The van der Waals surface area contributed by atoms with Gasteiger partial charge in [0.25, 0.3) is 0 Å². The summed E-state index contributed by atoms with van der Waals surface area (Å²) in [4.78, 5) is 12.7. The van der Waals surface area contributed by atoms with Gasteiger partial charge in [0.05, 0.1) is 6.04 Å². The molecule has 1 fully saturated rings. The Labute approximate surface area is 206 Å². The number of aliphatic imine (C=N–C) groups is 2. The molecular weight excluding hydrogens is 535 g/mol. The summed E-state index contributed by atoms with van der Waals surface area (Å²) in [7, 11) is 0. The monoisotopic (exact) mass is 556 g/mol. The van der Waals surface area contributed by atoms with Crippen LogP contribution in [0.15, 0.2) is 50.9 Å². The fourth-order valence-corrected chi connectivity index (χ4v) is 5.20. The van der Waals surface area contributed by atoms with Crippen LogP contribution in [-0.4, -0.2) is 34.5 Å². The Morgan fingerprint density at radius 1 is 1.11 bits per heavy atom. The number of amidine groups is 1. The molecule has 2 aromatic rings. The Morgan fingerprint density at radius 3 is 2.60 bits per heavy atom. The summed E-state index contributed by atoms with van der Waals surface area (Å²) in [5, 5.41) is 5.88. The van der Waals surface area contributed by atoms with Gasteiger partial charge in [0, 0.05) is 23.2 Å². The van der Waals surface area contributed by atoms with E-state index in [2.05, 4.69) is 41.5 Å². The lowest BCUT2D eigenvalue weighted by molar-refractivity contribution is -0.141. The van der Waals surface area contributed by atoms with Crippen LogP contribution in [0.25, 0.3) is 0 Å². The number of benzene rings is 1. The Morgan fingerprint density at radius 2 is 1.89 bits per heavy atom. The average molecular weight is 557 g/mol. The summed E-state index contributed by atoms with van der Waals surface area (Å²) in [5.41, 5.74) is 7.75. The van der Waals surface area contributed by atoms with Gasteiger partial charge in [0.15, 0.2) is 17.6 Å². The minimum atomic E-state index is -4.64. The highest BCUT2D eigenvalue weighted by molar-refractivity contribution is 9.10. The van der Waals surface area contributed by atoms with E-state index in [1.165, 1.54) is 12.1 Å². The Kier molecular flexibility index (Phi) is 5.86. The van der Waals surface area contributed by atoms with E-state index in [9.17, 15) is 22.0 Å². The number of hydrogen-bond acceptors (Lipinski definition) is 4. The SMILES string of the molecule is NC1(C2Cc3ccc(Br)cc3C2)N=C(c2cccc(C(F)(F)F)n2)NC(=NC2CCC(F)(F)C2)N1. The van der Waals surface area contributed by atoms with Gasteiger partial charge in [-0.1, -0.05) is 28.1 Å². The van der Waals surface area contributed by atoms with Crippen molar-refractivity contribution in [2.75, 3.05) is 0 Å². The van der Waals surface area contributed by atoms with Crippen LogP contribution in [-0.2, 0) is 19.0 Å². The van der Waals surface area contributed by atoms with E-state index in [0.29, 0.717) is 12.8 Å². The van der Waals surface area contributed by atoms with Crippen LogP contribution in [0.3, 0.4) is 0 Å². The average Bonchev–Trinajstić information content (AvgIpc) is 3.35. The van der Waals surface area contributed by atoms with Gasteiger partial charge < -0.3 is 10.6 Å². The lowest BCUT2D eigenvalue weighted by Gasteiger charge is -2.38. The fraction of sp³-hybridized carbons (Fsp3) is 0.435. The van der Waals surface area contributed by atoms with Gasteiger partial charge in [-0.2, -0.15) is 13.2 Å². The van der Waals surface area contributed by atoms with E-state index in [-0.39, 0.29) is 36.2 Å². The van der Waals surface area contributed by atoms with Crippen LogP contribution in [0, 0.1) is 5.92 Å². The summed E-state index contributed by atoms with van der Waals surface area (Å²) in [6, 6.07) is 8.72. The van der Waals surface area contributed by atoms with E-state index in [1.54, 1.807) is 0 Å². The molecule has 3 unspecified atom stereocenters. The third kappa shape index (κ3) is 5.04. The van der Waals surface area contributed by atoms with Gasteiger partial charge in [-0.15, -0.1) is 0 Å². The first-order valence-electron chi connectivity index (χ1n) is 11.1. The molecule has 5 rings (SSSR count). The molecule has 3 atom stereocenters. The molecule has 0 saturated heterocycles. The molecule has 4 N–H and O–H groups in total. The second-order valence-corrected chi connectivity index (χ2v) is 10.1. The Bertz CT molecular complexity index is 1210. The second kappa shape index (κ2) is 8.51. The van der Waals surface area contributed by atoms with Crippen LogP contribution in [0.5, 0.6) is 0 Å². The molecular formula is C23H22BrF5N6. The van der Waals surface area contributed by atoms with E-state index in [0.717, 1.165) is 21.7 Å². The number of nitrogens with one attached hydrogen (secondary N) is 2. The van der Waals surface area contributed by atoms with Crippen molar-refractivity contribution in [3.8, 4) is 0 Å². The fourth-order valence-electron chi connectivity index (χ4n) is 4.79. The van der Waals surface area contributed by atoms with Gasteiger partial charge in [0.1, 0.15) is 11.4 Å². The highest BCUT2D eigenvalue weighted by Gasteiger charge is 2.44. The first-order valence-corrected chi connectivity index (χ1v) is 11.9. The van der Waals surface area contributed by atoms with E-state index >= 15 is 0 Å². The highest BCUT2D eigenvalue weighted by Crippen LogP contribution is 2.37. The summed E-state index contributed by atoms with van der Waals surface area (Å²) in [6.07, 6.45) is -3.99. The van der Waals surface area contributed by atoms with Gasteiger partial charge in [-0.25, -0.2) is 23.7 Å². The van der Waals surface area contributed by atoms with Crippen LogP contribution < -0.4 is 16.4 Å². The van der Waals surface area contributed by atoms with E-state index in [4.69, 9.17) is 5.73 Å². The van der Waals surface area contributed by atoms with Gasteiger partial charge in [-0.05, 0) is 54.7 Å². The molecule has 1 saturated carbocycles. The van der Waals surface area contributed by atoms with Crippen LogP contribution in [0.2, 0.25) is 0 Å². The Balaban J connectivity index is 1.51. The number of fused-ring (bicyclic) bond motifs is 1. The van der Waals surface area contributed by atoms with Crippen molar-refractivity contribution in [1.82, 2.24) is 15.6 Å². The molecule has 6 nitrogen and oxygen atoms in total. The number of hydrogen-bond donors (Lipinski definition) is 3. The number of aromatic nitrogens is 1. The molecule has 186 valence electrons. The zero-order valence-electron chi connectivity index (χ0n) is 18.3. The van der Waals surface area contributed by atoms with Gasteiger partial charge >= 0.3 is 6.18 Å². The quantitative estimate of drug-likeness (QED) is 0.490. The van der Waals surface area contributed by atoms with Crippen molar-refractivity contribution in [3.05, 3.63) is 63.4 Å². The molecule has 2 heterocycles. The van der Waals surface area contributed by atoms with Crippen molar-refractivity contribution in [2.24, 2.45) is 21.6 Å². The molecule has 1 aliphatic heterocycles. The van der Waals surface area contributed by atoms with Crippen molar-refractivity contribution in [2.45, 2.75) is 56.0 Å². The number of guanidine groups is 1. The number of alkyl halides is 5. The number of nitrogens with two attached hydrogens (primary N) is 1. The van der Waals surface area contributed by atoms with E-state index in [1.807, 2.05) is 18.2 Å². The molecule has 2 aliphatic carbocycles. The normalized spacial score (nSPS) is 28.9. The summed E-state index contributed by atoms with van der Waals surface area (Å²) < 4.78 is 68.3. The molecule has 12 heteroatoms. The minimum absolute atomic E-state index is 0.00186. The maximum absolute atomic E-state index is 13.7. The first kappa shape index (κ1) is 24.1. The van der Waals surface area contributed by atoms with Crippen molar-refractivity contribution in [3.63, 3.8) is 0 Å². The molecule has 0 radical (unpaired) electrons. The predicted octanol–water partition coefficient (Wildman–Crippen LogP) is 4.37. The van der Waals surface area contributed by atoms with Crippen molar-refractivity contribution < 1.29 is 22.0 Å². The molecule has 0 amide bonds. The van der Waals surface area contributed by atoms with Crippen molar-refractivity contribution >= 4 is 27.7 Å². The lowest BCUT2D eigenvalue weighted by atomic mass is 9.97. The third-order valence-corrected chi connectivity index (χ3v) is 7.04.